The number of rotatable bonds is 3. The molecule has 0 fully saturated rings. The molecule has 29 heavy (non-hydrogen) atoms. The van der Waals surface area contributed by atoms with Crippen LogP contribution in [0.1, 0.15) is 21.6 Å². The normalized spacial score (nSPS) is 11.1. The molecule has 4 aromatic rings. The molecule has 0 atom stereocenters. The van der Waals surface area contributed by atoms with Crippen molar-refractivity contribution in [3.8, 4) is 5.69 Å². The van der Waals surface area contributed by atoms with Crippen molar-refractivity contribution in [2.24, 2.45) is 0 Å². The van der Waals surface area contributed by atoms with Crippen LogP contribution < -0.4 is 5.56 Å². The maximum atomic E-state index is 13.1. The number of non-ortho nitro benzene ring substituents is 1. The van der Waals surface area contributed by atoms with Crippen LogP contribution in [0.5, 0.6) is 0 Å². The summed E-state index contributed by atoms with van der Waals surface area (Å²) in [7, 11) is 1.28. The molecule has 0 unspecified atom stereocenters. The average molecular weight is 393 g/mol. The number of aromatic nitrogens is 4. The fourth-order valence-electron chi connectivity index (χ4n) is 3.33. The smallest absolute Gasteiger partial charge is 0.343 e. The second-order valence-electron chi connectivity index (χ2n) is 6.46. The first kappa shape index (κ1) is 18.3. The molecule has 1 aromatic carbocycles. The molecule has 146 valence electrons. The number of nitro groups is 1. The fraction of sp³-hybridized carbons (Fsp3) is 0.158. The van der Waals surface area contributed by atoms with Gasteiger partial charge in [-0.1, -0.05) is 0 Å². The number of pyridine rings is 1. The van der Waals surface area contributed by atoms with Gasteiger partial charge in [-0.2, -0.15) is 5.10 Å². The first-order valence-electron chi connectivity index (χ1n) is 8.57. The molecule has 0 amide bonds. The summed E-state index contributed by atoms with van der Waals surface area (Å²) in [6, 6.07) is 5.96. The molecule has 0 saturated carbocycles. The Hall–Kier alpha value is -4.08. The summed E-state index contributed by atoms with van der Waals surface area (Å²) in [4.78, 5) is 39.8. The van der Waals surface area contributed by atoms with E-state index in [1.165, 1.54) is 40.6 Å². The molecule has 0 aliphatic rings. The highest BCUT2D eigenvalue weighted by Crippen LogP contribution is 2.22. The number of hydrogen-bond acceptors (Lipinski definition) is 7. The van der Waals surface area contributed by atoms with Crippen molar-refractivity contribution < 1.29 is 14.5 Å². The molecule has 0 aliphatic heterocycles. The molecule has 0 bridgehead atoms. The van der Waals surface area contributed by atoms with Crippen LogP contribution in [-0.4, -0.2) is 37.2 Å². The Morgan fingerprint density at radius 2 is 2.00 bits per heavy atom. The van der Waals surface area contributed by atoms with Gasteiger partial charge in [0.05, 0.1) is 34.3 Å². The molecular weight excluding hydrogens is 378 g/mol. The Bertz CT molecular complexity index is 1390. The van der Waals surface area contributed by atoms with Gasteiger partial charge in [0.15, 0.2) is 5.65 Å². The molecule has 10 heteroatoms. The molecule has 10 nitrogen and oxygen atoms in total. The molecule has 4 rings (SSSR count). The highest BCUT2D eigenvalue weighted by Gasteiger charge is 2.21. The molecule has 0 spiro atoms. The minimum atomic E-state index is -0.556. The molecule has 0 aliphatic carbocycles. The summed E-state index contributed by atoms with van der Waals surface area (Å²) in [5.41, 5.74) is 2.15. The Balaban J connectivity index is 1.96. The zero-order chi connectivity index (χ0) is 20.9. The lowest BCUT2D eigenvalue weighted by atomic mass is 10.1. The number of esters is 1. The van der Waals surface area contributed by atoms with Gasteiger partial charge >= 0.3 is 5.97 Å². The number of aryl methyl sites for hydroxylation is 2. The Kier molecular flexibility index (Phi) is 4.11. The predicted molar refractivity (Wildman–Crippen MR) is 104 cm³/mol. The third kappa shape index (κ3) is 2.73. The average Bonchev–Trinajstić information content (AvgIpc) is 3.04. The standard InChI is InChI=1S/C19H15N5O5/c1-10-8-12(24(27)28)4-5-14(10)22-7-6-15-13(18(22)25)9-20-17-16(19(26)29-3)11(2)21-23(15)17/h4-9H,1-3H3. The second kappa shape index (κ2) is 6.51. The van der Waals surface area contributed by atoms with E-state index in [1.807, 2.05) is 0 Å². The van der Waals surface area contributed by atoms with Crippen LogP contribution in [0.3, 0.4) is 0 Å². The quantitative estimate of drug-likeness (QED) is 0.297. The SMILES string of the molecule is COC(=O)c1c(C)nn2c1ncc1c(=O)n(-c3ccc([N+](=O)[O-])cc3C)ccc12. The number of benzene rings is 1. The highest BCUT2D eigenvalue weighted by atomic mass is 16.6. The van der Waals surface area contributed by atoms with Crippen LogP contribution in [0.25, 0.3) is 22.2 Å². The lowest BCUT2D eigenvalue weighted by Crippen LogP contribution is -2.19. The Morgan fingerprint density at radius 3 is 2.66 bits per heavy atom. The molecule has 0 N–H and O–H groups in total. The first-order valence-corrected chi connectivity index (χ1v) is 8.57. The van der Waals surface area contributed by atoms with E-state index >= 15 is 0 Å². The summed E-state index contributed by atoms with van der Waals surface area (Å²) in [6.45, 7) is 3.36. The largest absolute Gasteiger partial charge is 0.465 e. The third-order valence-corrected chi connectivity index (χ3v) is 4.73. The van der Waals surface area contributed by atoms with Crippen LogP contribution in [-0.2, 0) is 4.74 Å². The second-order valence-corrected chi connectivity index (χ2v) is 6.46. The fourth-order valence-corrected chi connectivity index (χ4v) is 3.33. The first-order chi connectivity index (χ1) is 13.8. The van der Waals surface area contributed by atoms with Gasteiger partial charge in [0, 0.05) is 24.5 Å². The number of nitro benzene ring substituents is 1. The van der Waals surface area contributed by atoms with E-state index in [0.717, 1.165) is 0 Å². The summed E-state index contributed by atoms with van der Waals surface area (Å²) in [6.07, 6.45) is 2.95. The van der Waals surface area contributed by atoms with Crippen LogP contribution in [0.4, 0.5) is 5.69 Å². The lowest BCUT2D eigenvalue weighted by molar-refractivity contribution is -0.384. The van der Waals surface area contributed by atoms with Crippen molar-refractivity contribution in [3.05, 3.63) is 73.9 Å². The van der Waals surface area contributed by atoms with Crippen molar-refractivity contribution in [2.75, 3.05) is 7.11 Å². The van der Waals surface area contributed by atoms with E-state index in [-0.39, 0.29) is 22.2 Å². The number of fused-ring (bicyclic) bond motifs is 3. The maximum absolute atomic E-state index is 13.1. The van der Waals surface area contributed by atoms with E-state index in [1.54, 1.807) is 26.1 Å². The zero-order valence-electron chi connectivity index (χ0n) is 15.7. The number of hydrogen-bond donors (Lipinski definition) is 0. The topological polar surface area (TPSA) is 122 Å². The van der Waals surface area contributed by atoms with E-state index in [2.05, 4.69) is 10.1 Å². The minimum absolute atomic E-state index is 0.0502. The highest BCUT2D eigenvalue weighted by molar-refractivity contribution is 5.98. The predicted octanol–water partition coefficient (Wildman–Crippen LogP) is 2.35. The summed E-state index contributed by atoms with van der Waals surface area (Å²) < 4.78 is 7.62. The Labute approximate surface area is 163 Å². The number of ether oxygens (including phenoxy) is 1. The molecule has 0 saturated heterocycles. The van der Waals surface area contributed by atoms with Crippen LogP contribution in [0.2, 0.25) is 0 Å². The molecule has 3 aromatic heterocycles. The third-order valence-electron chi connectivity index (χ3n) is 4.73. The van der Waals surface area contributed by atoms with Gasteiger partial charge in [-0.25, -0.2) is 14.3 Å². The lowest BCUT2D eigenvalue weighted by Gasteiger charge is -2.10. The summed E-state index contributed by atoms with van der Waals surface area (Å²) in [5, 5.41) is 15.6. The summed E-state index contributed by atoms with van der Waals surface area (Å²) in [5.74, 6) is -0.556. The van der Waals surface area contributed by atoms with Crippen molar-refractivity contribution in [3.63, 3.8) is 0 Å². The monoisotopic (exact) mass is 393 g/mol. The van der Waals surface area contributed by atoms with Gasteiger partial charge in [-0.15, -0.1) is 0 Å². The molecule has 3 heterocycles. The Morgan fingerprint density at radius 1 is 1.24 bits per heavy atom. The van der Waals surface area contributed by atoms with Gasteiger partial charge in [0.25, 0.3) is 11.2 Å². The van der Waals surface area contributed by atoms with E-state index in [4.69, 9.17) is 4.74 Å². The number of methoxy groups -OCH3 is 1. The van der Waals surface area contributed by atoms with E-state index < -0.39 is 10.9 Å². The maximum Gasteiger partial charge on any atom is 0.343 e. The van der Waals surface area contributed by atoms with Crippen LogP contribution >= 0.6 is 0 Å². The molecule has 0 radical (unpaired) electrons. The van der Waals surface area contributed by atoms with Crippen LogP contribution in [0, 0.1) is 24.0 Å². The number of nitrogens with zero attached hydrogens (tertiary/aromatic N) is 5. The minimum Gasteiger partial charge on any atom is -0.465 e. The van der Waals surface area contributed by atoms with E-state index in [0.29, 0.717) is 28.1 Å². The van der Waals surface area contributed by atoms with Gasteiger partial charge in [0.1, 0.15) is 5.56 Å². The molecular formula is C19H15N5O5. The van der Waals surface area contributed by atoms with Gasteiger partial charge in [-0.3, -0.25) is 19.5 Å². The number of carbonyl (C=O) groups is 1. The van der Waals surface area contributed by atoms with Crippen molar-refractivity contribution in [1.29, 1.82) is 0 Å². The zero-order valence-corrected chi connectivity index (χ0v) is 15.7. The van der Waals surface area contributed by atoms with Crippen molar-refractivity contribution >= 4 is 28.2 Å². The van der Waals surface area contributed by atoms with E-state index in [9.17, 15) is 19.7 Å². The number of carbonyl (C=O) groups excluding carboxylic acids is 1. The van der Waals surface area contributed by atoms with Crippen LogP contribution in [0.15, 0.2) is 41.5 Å². The summed E-state index contributed by atoms with van der Waals surface area (Å²) >= 11 is 0. The van der Waals surface area contributed by atoms with Gasteiger partial charge in [-0.05, 0) is 31.5 Å². The van der Waals surface area contributed by atoms with Crippen molar-refractivity contribution in [1.82, 2.24) is 19.2 Å². The van der Waals surface area contributed by atoms with Gasteiger partial charge < -0.3 is 4.74 Å². The van der Waals surface area contributed by atoms with Gasteiger partial charge in [0.2, 0.25) is 0 Å². The van der Waals surface area contributed by atoms with Crippen molar-refractivity contribution in [2.45, 2.75) is 13.8 Å².